The lowest BCUT2D eigenvalue weighted by molar-refractivity contribution is -0.111. The van der Waals surface area contributed by atoms with Crippen LogP contribution in [0.2, 0.25) is 0 Å². The van der Waals surface area contributed by atoms with Crippen molar-refractivity contribution in [2.75, 3.05) is 37.4 Å². The molecular formula is C24H27N5O2. The molecule has 0 unspecified atom stereocenters. The Morgan fingerprint density at radius 2 is 1.94 bits per heavy atom. The number of amides is 1. The van der Waals surface area contributed by atoms with Gasteiger partial charge in [-0.2, -0.15) is 0 Å². The minimum absolute atomic E-state index is 0.191. The molecule has 1 aliphatic rings. The van der Waals surface area contributed by atoms with Crippen molar-refractivity contribution >= 4 is 34.0 Å². The number of carbonyl (C=O) groups excluding carboxylic acids is 1. The normalized spacial score (nSPS) is 14.6. The van der Waals surface area contributed by atoms with Crippen LogP contribution in [0.25, 0.3) is 10.9 Å². The molecule has 0 radical (unpaired) electrons. The second-order valence-electron chi connectivity index (χ2n) is 7.54. The molecule has 0 atom stereocenters. The molecule has 0 bridgehead atoms. The summed E-state index contributed by atoms with van der Waals surface area (Å²) in [6.45, 7) is 2.99. The van der Waals surface area contributed by atoms with Gasteiger partial charge in [0.1, 0.15) is 17.9 Å². The van der Waals surface area contributed by atoms with Crippen LogP contribution >= 0.6 is 0 Å². The predicted octanol–water partition coefficient (Wildman–Crippen LogP) is 4.36. The number of hydrogen-bond acceptors (Lipinski definition) is 6. The van der Waals surface area contributed by atoms with Crippen molar-refractivity contribution in [3.63, 3.8) is 0 Å². The summed E-state index contributed by atoms with van der Waals surface area (Å²) in [7, 11) is 1.58. The van der Waals surface area contributed by atoms with Crippen molar-refractivity contribution in [1.82, 2.24) is 14.9 Å². The summed E-state index contributed by atoms with van der Waals surface area (Å²) in [5.74, 6) is 1.02. The van der Waals surface area contributed by atoms with E-state index in [0.717, 1.165) is 36.2 Å². The van der Waals surface area contributed by atoms with Gasteiger partial charge in [0.05, 0.1) is 18.3 Å². The fraction of sp³-hybridized carbons (Fsp3) is 0.292. The molecule has 3 aromatic rings. The maximum atomic E-state index is 12.5. The Hall–Kier alpha value is -3.45. The SMILES string of the molecule is COc1cc2ncnc(Nc3ccccc3)c2cc1NC(=O)/C=C/CN1CCCCC1. The molecule has 7 heteroatoms. The van der Waals surface area contributed by atoms with Gasteiger partial charge in [0.15, 0.2) is 0 Å². The third-order valence-electron chi connectivity index (χ3n) is 5.33. The molecule has 1 aliphatic heterocycles. The fourth-order valence-electron chi connectivity index (χ4n) is 3.73. The molecular weight excluding hydrogens is 390 g/mol. The summed E-state index contributed by atoms with van der Waals surface area (Å²) in [5.41, 5.74) is 2.22. The van der Waals surface area contributed by atoms with E-state index in [9.17, 15) is 4.79 Å². The Kier molecular flexibility index (Phi) is 6.74. The highest BCUT2D eigenvalue weighted by Gasteiger charge is 2.13. The largest absolute Gasteiger partial charge is 0.494 e. The Balaban J connectivity index is 1.53. The van der Waals surface area contributed by atoms with Gasteiger partial charge in [-0.25, -0.2) is 9.97 Å². The first-order valence-corrected chi connectivity index (χ1v) is 10.6. The van der Waals surface area contributed by atoms with E-state index < -0.39 is 0 Å². The molecule has 2 aromatic carbocycles. The van der Waals surface area contributed by atoms with Gasteiger partial charge < -0.3 is 15.4 Å². The first kappa shape index (κ1) is 20.8. The quantitative estimate of drug-likeness (QED) is 0.556. The molecule has 1 saturated heterocycles. The number of para-hydroxylation sites is 1. The zero-order chi connectivity index (χ0) is 21.5. The average Bonchev–Trinajstić information content (AvgIpc) is 2.80. The van der Waals surface area contributed by atoms with Crippen LogP contribution in [0.4, 0.5) is 17.2 Å². The lowest BCUT2D eigenvalue weighted by atomic mass is 10.1. The van der Waals surface area contributed by atoms with E-state index in [-0.39, 0.29) is 5.91 Å². The van der Waals surface area contributed by atoms with Gasteiger partial charge in [-0.3, -0.25) is 9.69 Å². The van der Waals surface area contributed by atoms with Crippen molar-refractivity contribution < 1.29 is 9.53 Å². The number of aromatic nitrogens is 2. The molecule has 0 aliphatic carbocycles. The number of piperidine rings is 1. The number of anilines is 3. The second kappa shape index (κ2) is 10.0. The number of nitrogens with zero attached hydrogens (tertiary/aromatic N) is 3. The molecule has 7 nitrogen and oxygen atoms in total. The van der Waals surface area contributed by atoms with E-state index in [4.69, 9.17) is 4.74 Å². The molecule has 4 rings (SSSR count). The lowest BCUT2D eigenvalue weighted by Gasteiger charge is -2.24. The first-order valence-electron chi connectivity index (χ1n) is 10.6. The van der Waals surface area contributed by atoms with Crippen molar-refractivity contribution in [2.45, 2.75) is 19.3 Å². The molecule has 1 fully saturated rings. The topological polar surface area (TPSA) is 79.4 Å². The highest BCUT2D eigenvalue weighted by Crippen LogP contribution is 2.33. The van der Waals surface area contributed by atoms with Crippen LogP contribution in [0, 0.1) is 0 Å². The number of hydrogen-bond donors (Lipinski definition) is 2. The van der Waals surface area contributed by atoms with Gasteiger partial charge in [-0.05, 0) is 44.1 Å². The standard InChI is InChI=1S/C24H27N5O2/c1-31-22-16-20-19(24(26-17-25-20)27-18-9-4-2-5-10-18)15-21(22)28-23(30)11-8-14-29-12-6-3-7-13-29/h2,4-5,8-11,15-17H,3,6-7,12-14H2,1H3,(H,28,30)(H,25,26,27)/b11-8+. The van der Waals surface area contributed by atoms with Gasteiger partial charge in [-0.1, -0.05) is 30.7 Å². The summed E-state index contributed by atoms with van der Waals surface area (Å²) in [6, 6.07) is 13.4. The zero-order valence-corrected chi connectivity index (χ0v) is 17.7. The predicted molar refractivity (Wildman–Crippen MR) is 124 cm³/mol. The van der Waals surface area contributed by atoms with E-state index in [2.05, 4.69) is 25.5 Å². The number of ether oxygens (including phenoxy) is 1. The van der Waals surface area contributed by atoms with Crippen molar-refractivity contribution in [3.8, 4) is 5.75 Å². The van der Waals surface area contributed by atoms with Crippen molar-refractivity contribution in [2.24, 2.45) is 0 Å². The maximum absolute atomic E-state index is 12.5. The molecule has 1 aromatic heterocycles. The van der Waals surface area contributed by atoms with Crippen LogP contribution in [-0.2, 0) is 4.79 Å². The van der Waals surface area contributed by atoms with E-state index in [1.807, 2.05) is 42.5 Å². The molecule has 0 saturated carbocycles. The van der Waals surface area contributed by atoms with Gasteiger partial charge in [0.25, 0.3) is 0 Å². The van der Waals surface area contributed by atoms with Crippen LogP contribution in [0.15, 0.2) is 60.9 Å². The monoisotopic (exact) mass is 417 g/mol. The summed E-state index contributed by atoms with van der Waals surface area (Å²) in [4.78, 5) is 23.6. The van der Waals surface area contributed by atoms with E-state index in [1.165, 1.54) is 25.6 Å². The molecule has 0 spiro atoms. The smallest absolute Gasteiger partial charge is 0.248 e. The zero-order valence-electron chi connectivity index (χ0n) is 17.7. The highest BCUT2D eigenvalue weighted by atomic mass is 16.5. The summed E-state index contributed by atoms with van der Waals surface area (Å²) >= 11 is 0. The first-order chi connectivity index (χ1) is 15.2. The van der Waals surface area contributed by atoms with E-state index >= 15 is 0 Å². The van der Waals surface area contributed by atoms with Gasteiger partial charge >= 0.3 is 0 Å². The highest BCUT2D eigenvalue weighted by molar-refractivity contribution is 6.03. The number of fused-ring (bicyclic) bond motifs is 1. The number of likely N-dealkylation sites (tertiary alicyclic amines) is 1. The van der Waals surface area contributed by atoms with Gasteiger partial charge in [0, 0.05) is 29.8 Å². The Bertz CT molecular complexity index is 1060. The van der Waals surface area contributed by atoms with E-state index in [0.29, 0.717) is 17.3 Å². The number of rotatable bonds is 7. The molecule has 2 N–H and O–H groups in total. The summed E-state index contributed by atoms with van der Waals surface area (Å²) < 4.78 is 5.48. The molecule has 2 heterocycles. The van der Waals surface area contributed by atoms with Crippen LogP contribution < -0.4 is 15.4 Å². The van der Waals surface area contributed by atoms with Crippen LogP contribution in [0.3, 0.4) is 0 Å². The van der Waals surface area contributed by atoms with Gasteiger partial charge in [0.2, 0.25) is 5.91 Å². The minimum atomic E-state index is -0.191. The van der Waals surface area contributed by atoms with Crippen LogP contribution in [0.1, 0.15) is 19.3 Å². The van der Waals surface area contributed by atoms with Crippen LogP contribution in [0.5, 0.6) is 5.75 Å². The Morgan fingerprint density at radius 1 is 1.13 bits per heavy atom. The van der Waals surface area contributed by atoms with Crippen LogP contribution in [-0.4, -0.2) is 47.5 Å². The number of carbonyl (C=O) groups is 1. The van der Waals surface area contributed by atoms with Crippen molar-refractivity contribution in [1.29, 1.82) is 0 Å². The number of methoxy groups -OCH3 is 1. The maximum Gasteiger partial charge on any atom is 0.248 e. The molecule has 160 valence electrons. The average molecular weight is 418 g/mol. The third kappa shape index (κ3) is 5.38. The number of nitrogens with one attached hydrogen (secondary N) is 2. The second-order valence-corrected chi connectivity index (χ2v) is 7.54. The minimum Gasteiger partial charge on any atom is -0.494 e. The lowest BCUT2D eigenvalue weighted by Crippen LogP contribution is -2.29. The Morgan fingerprint density at radius 3 is 2.71 bits per heavy atom. The van der Waals surface area contributed by atoms with Crippen molar-refractivity contribution in [3.05, 3.63) is 60.9 Å². The Labute approximate surface area is 182 Å². The molecule has 1 amide bonds. The summed E-state index contributed by atoms with van der Waals surface area (Å²) in [6.07, 6.45) is 8.77. The fourth-order valence-corrected chi connectivity index (χ4v) is 3.73. The number of benzene rings is 2. The van der Waals surface area contributed by atoms with Gasteiger partial charge in [-0.15, -0.1) is 0 Å². The van der Waals surface area contributed by atoms with E-state index in [1.54, 1.807) is 19.3 Å². The third-order valence-corrected chi connectivity index (χ3v) is 5.33. The molecule has 31 heavy (non-hydrogen) atoms. The summed E-state index contributed by atoms with van der Waals surface area (Å²) in [5, 5.41) is 7.03.